The summed E-state index contributed by atoms with van der Waals surface area (Å²) in [6.07, 6.45) is 0. The average Bonchev–Trinajstić information content (AvgIpc) is 1.35. The summed E-state index contributed by atoms with van der Waals surface area (Å²) in [5.41, 5.74) is 0. The van der Waals surface area contributed by atoms with Crippen molar-refractivity contribution in [2.45, 2.75) is 0 Å². The van der Waals surface area contributed by atoms with E-state index >= 15 is 0 Å². The number of halogens is 2. The minimum atomic E-state index is -3.24. The number of rotatable bonds is 0. The van der Waals surface area contributed by atoms with Gasteiger partial charge in [0, 0.05) is 11.2 Å². The smallest absolute Gasteiger partial charge is 0.298 e. The van der Waals surface area contributed by atoms with E-state index in [4.69, 9.17) is 31.7 Å². The summed E-state index contributed by atoms with van der Waals surface area (Å²) in [5, 5.41) is 0. The molecule has 0 rings (SSSR count). The summed E-state index contributed by atoms with van der Waals surface area (Å²) >= 11 is 4.77. The second-order valence-electron chi connectivity index (χ2n) is 0.542. The van der Waals surface area contributed by atoms with Crippen LogP contribution in [0.15, 0.2) is 0 Å². The molecule has 2 nitrogen and oxygen atoms in total. The summed E-state index contributed by atoms with van der Waals surface area (Å²) in [7, 11) is 5.15. The molecule has 0 atom stereocenters. The van der Waals surface area contributed by atoms with Crippen molar-refractivity contribution >= 4 is 37.9 Å². The molecule has 0 radical (unpaired) electrons. The highest BCUT2D eigenvalue weighted by Crippen LogP contribution is 2.44. The van der Waals surface area contributed by atoms with Crippen molar-refractivity contribution in [2.75, 3.05) is 0 Å². The van der Waals surface area contributed by atoms with E-state index in [0.717, 1.165) is 0 Å². The molecule has 0 heterocycles. The van der Waals surface area contributed by atoms with E-state index in [1.807, 2.05) is 0 Å². The molecule has 0 saturated carbocycles. The average molecular weight is 168 g/mol. The van der Waals surface area contributed by atoms with Crippen LogP contribution in [0.4, 0.5) is 0 Å². The van der Waals surface area contributed by atoms with E-state index in [-0.39, 0.29) is 0 Å². The van der Waals surface area contributed by atoms with Gasteiger partial charge < -0.3 is 0 Å². The first kappa shape index (κ1) is 7.15. The zero-order chi connectivity index (χ0) is 5.21. The van der Waals surface area contributed by atoms with Crippen LogP contribution in [0.1, 0.15) is 0 Å². The fourth-order valence-electron chi connectivity index (χ4n) is 0. The highest BCUT2D eigenvalue weighted by atomic mass is 35.8. The maximum absolute atomic E-state index is 8.09. The normalized spacial score (nSPS) is 11.3. The molecule has 6 heavy (non-hydrogen) atoms. The number of hydrogen-bond acceptors (Lipinski definition) is 0. The molecular weight excluding hydrogens is 166 g/mol. The van der Waals surface area contributed by atoms with E-state index in [1.165, 1.54) is 0 Å². The largest absolute Gasteiger partial charge is 0.491 e. The molecule has 0 aliphatic rings. The lowest BCUT2D eigenvalue weighted by atomic mass is 15.9. The van der Waals surface area contributed by atoms with Gasteiger partial charge in [-0.05, 0) is 0 Å². The zero-order valence-corrected chi connectivity index (χ0v) is 5.73. The van der Waals surface area contributed by atoms with Gasteiger partial charge in [-0.25, -0.2) is 0 Å². The molecule has 0 aromatic carbocycles. The van der Waals surface area contributed by atoms with Gasteiger partial charge in [-0.1, -0.05) is 0 Å². The molecule has 0 amide bonds. The molecule has 0 unspecified atom stereocenters. The van der Waals surface area contributed by atoms with Crippen molar-refractivity contribution < 1.29 is 9.79 Å². The standard InChI is InChI=1S/Cl2H2O2PS/c1-5(3,4)6-2/h3-4H/q+1. The molecule has 0 aromatic rings. The molecule has 38 valence electrons. The van der Waals surface area contributed by atoms with Crippen LogP contribution in [0.2, 0.25) is 0 Å². The summed E-state index contributed by atoms with van der Waals surface area (Å²) in [5.74, 6) is -3.24. The van der Waals surface area contributed by atoms with Crippen LogP contribution in [-0.2, 0) is 10.2 Å². The zero-order valence-electron chi connectivity index (χ0n) is 2.51. The summed E-state index contributed by atoms with van der Waals surface area (Å²) in [4.78, 5) is 16.2. The molecule has 0 aromatic heterocycles. The Morgan fingerprint density at radius 2 is 1.67 bits per heavy atom. The van der Waals surface area contributed by atoms with Crippen LogP contribution in [0.25, 0.3) is 0 Å². The maximum atomic E-state index is 8.09. The Balaban J connectivity index is 3.79. The minimum absolute atomic E-state index is 0.342. The third-order valence-electron chi connectivity index (χ3n) is 0.0878. The van der Waals surface area contributed by atoms with Gasteiger partial charge in [0.05, 0.1) is 0 Å². The number of hydrogen-bond donors (Lipinski definition) is 2. The second kappa shape index (κ2) is 2.46. The molecule has 2 N–H and O–H groups in total. The summed E-state index contributed by atoms with van der Waals surface area (Å²) in [6.45, 7) is 0. The van der Waals surface area contributed by atoms with Crippen LogP contribution in [0.3, 0.4) is 0 Å². The highest BCUT2D eigenvalue weighted by molar-refractivity contribution is 8.38. The lowest BCUT2D eigenvalue weighted by molar-refractivity contribution is 0.500. The van der Waals surface area contributed by atoms with Gasteiger partial charge in [-0.15, -0.1) is 0 Å². The topological polar surface area (TPSA) is 40.5 Å². The van der Waals surface area contributed by atoms with E-state index in [2.05, 4.69) is 0 Å². The first-order valence-corrected chi connectivity index (χ1v) is 5.75. The van der Waals surface area contributed by atoms with Gasteiger partial charge in [0.2, 0.25) is 0 Å². The Bertz CT molecular complexity index is 75.3. The highest BCUT2D eigenvalue weighted by Gasteiger charge is 2.17. The van der Waals surface area contributed by atoms with Crippen molar-refractivity contribution in [3.63, 3.8) is 0 Å². The van der Waals surface area contributed by atoms with Crippen LogP contribution in [0.5, 0.6) is 0 Å². The molecule has 0 saturated heterocycles. The third-order valence-corrected chi connectivity index (χ3v) is 3.78. The fraction of sp³-hybridized carbons (Fsp3) is 0. The fourth-order valence-corrected chi connectivity index (χ4v) is 0. The molecule has 0 aliphatic heterocycles. The first-order chi connectivity index (χ1) is 2.56. The van der Waals surface area contributed by atoms with Gasteiger partial charge in [0.15, 0.2) is 0 Å². The predicted octanol–water partition coefficient (Wildman–Crippen LogP) is 1.12. The van der Waals surface area contributed by atoms with E-state index < -0.39 is 5.84 Å². The third kappa shape index (κ3) is 5.15. The summed E-state index contributed by atoms with van der Waals surface area (Å²) < 4.78 is 0. The monoisotopic (exact) mass is 167 g/mol. The molecule has 0 bridgehead atoms. The van der Waals surface area contributed by atoms with Crippen molar-refractivity contribution in [2.24, 2.45) is 0 Å². The Labute approximate surface area is 48.1 Å². The quantitative estimate of drug-likeness (QED) is 0.420. The predicted molar refractivity (Wildman–Crippen MR) is 30.4 cm³/mol. The Kier molecular flexibility index (Phi) is 2.93. The van der Waals surface area contributed by atoms with Crippen molar-refractivity contribution in [1.82, 2.24) is 0 Å². The minimum Gasteiger partial charge on any atom is -0.298 e. The van der Waals surface area contributed by atoms with Gasteiger partial charge in [-0.2, -0.15) is 0 Å². The summed E-state index contributed by atoms with van der Waals surface area (Å²) in [6, 6.07) is 0. The van der Waals surface area contributed by atoms with Gasteiger partial charge >= 0.3 is 16.0 Å². The molecular formula is H2Cl2O2PS+. The van der Waals surface area contributed by atoms with Gasteiger partial charge in [0.1, 0.15) is 0 Å². The SMILES string of the molecule is OP(O)(Cl)=[S+]Cl. The Hall–Kier alpha value is 1.15. The maximum Gasteiger partial charge on any atom is 0.491 e. The van der Waals surface area contributed by atoms with Crippen LogP contribution >= 0.6 is 27.8 Å². The first-order valence-electron chi connectivity index (χ1n) is 0.906. The van der Waals surface area contributed by atoms with Crippen LogP contribution in [0, 0.1) is 0 Å². The van der Waals surface area contributed by atoms with E-state index in [1.54, 1.807) is 0 Å². The molecule has 6 heteroatoms. The van der Waals surface area contributed by atoms with Gasteiger partial charge in [-0.3, -0.25) is 9.79 Å². The van der Waals surface area contributed by atoms with Crippen LogP contribution < -0.4 is 0 Å². The van der Waals surface area contributed by atoms with Crippen molar-refractivity contribution in [3.8, 4) is 0 Å². The Morgan fingerprint density at radius 1 is 1.50 bits per heavy atom. The van der Waals surface area contributed by atoms with E-state index in [9.17, 15) is 0 Å². The molecule has 0 aliphatic carbocycles. The van der Waals surface area contributed by atoms with Gasteiger partial charge in [0.25, 0.3) is 10.7 Å². The molecule has 0 fully saturated rings. The lowest BCUT2D eigenvalue weighted by Gasteiger charge is -1.75. The second-order valence-corrected chi connectivity index (χ2v) is 6.83. The molecule has 0 spiro atoms. The lowest BCUT2D eigenvalue weighted by Crippen LogP contribution is -1.57. The van der Waals surface area contributed by atoms with Crippen molar-refractivity contribution in [3.05, 3.63) is 0 Å². The van der Waals surface area contributed by atoms with E-state index in [0.29, 0.717) is 10.2 Å². The van der Waals surface area contributed by atoms with Crippen LogP contribution in [-0.4, -0.2) is 9.79 Å². The van der Waals surface area contributed by atoms with Crippen molar-refractivity contribution in [1.29, 1.82) is 0 Å². The Morgan fingerprint density at radius 3 is 1.67 bits per heavy atom.